The molecule has 1 N–H and O–H groups in total. The van der Waals surface area contributed by atoms with E-state index in [0.717, 1.165) is 25.8 Å². The van der Waals surface area contributed by atoms with Gasteiger partial charge in [0.25, 0.3) is 0 Å². The lowest BCUT2D eigenvalue weighted by molar-refractivity contribution is 0.112. The Bertz CT molecular complexity index is 372. The van der Waals surface area contributed by atoms with Gasteiger partial charge in [0.2, 0.25) is 0 Å². The molecule has 2 atom stereocenters. The number of nitrogens with one attached hydrogen (secondary N) is 1. The zero-order chi connectivity index (χ0) is 14.5. The highest BCUT2D eigenvalue weighted by atomic mass is 15.2. The van der Waals surface area contributed by atoms with Gasteiger partial charge in [0.1, 0.15) is 0 Å². The molecule has 0 aliphatic carbocycles. The fourth-order valence-electron chi connectivity index (χ4n) is 2.52. The van der Waals surface area contributed by atoms with E-state index in [1.54, 1.807) is 0 Å². The average molecular weight is 266 g/mol. The molecule has 0 bridgehead atoms. The summed E-state index contributed by atoms with van der Waals surface area (Å²) in [6.45, 7) is 7.89. The number of nitrogens with zero attached hydrogens (tertiary/aromatic N) is 3. The van der Waals surface area contributed by atoms with Crippen LogP contribution in [-0.2, 0) is 13.5 Å². The van der Waals surface area contributed by atoms with Gasteiger partial charge in [-0.25, -0.2) is 0 Å². The molecule has 4 nitrogen and oxygen atoms in total. The Morgan fingerprint density at radius 2 is 2.11 bits per heavy atom. The van der Waals surface area contributed by atoms with Crippen LogP contribution in [0.4, 0.5) is 0 Å². The fraction of sp³-hybridized carbons (Fsp3) is 0.800. The van der Waals surface area contributed by atoms with Gasteiger partial charge in [0, 0.05) is 24.8 Å². The Kier molecular flexibility index (Phi) is 6.01. The predicted molar refractivity (Wildman–Crippen MR) is 81.4 cm³/mol. The number of aromatic nitrogens is 2. The maximum absolute atomic E-state index is 4.28. The third-order valence-electron chi connectivity index (χ3n) is 4.33. The third kappa shape index (κ3) is 4.05. The summed E-state index contributed by atoms with van der Waals surface area (Å²) in [5.74, 6) is 0. The van der Waals surface area contributed by atoms with Gasteiger partial charge in [-0.2, -0.15) is 5.10 Å². The van der Waals surface area contributed by atoms with E-state index in [1.807, 2.05) is 17.9 Å². The molecule has 0 amide bonds. The molecule has 19 heavy (non-hydrogen) atoms. The first-order valence-electron chi connectivity index (χ1n) is 7.32. The Labute approximate surface area is 118 Å². The molecule has 110 valence electrons. The Hall–Kier alpha value is -0.870. The van der Waals surface area contributed by atoms with E-state index in [4.69, 9.17) is 0 Å². The van der Waals surface area contributed by atoms with Crippen LogP contribution in [0.5, 0.6) is 0 Å². The molecule has 1 aromatic rings. The summed E-state index contributed by atoms with van der Waals surface area (Å²) in [7, 11) is 6.32. The zero-order valence-corrected chi connectivity index (χ0v) is 13.4. The average Bonchev–Trinajstić information content (AvgIpc) is 2.78. The lowest BCUT2D eigenvalue weighted by atomic mass is 9.84. The van der Waals surface area contributed by atoms with Crippen molar-refractivity contribution in [1.29, 1.82) is 0 Å². The van der Waals surface area contributed by atoms with E-state index in [-0.39, 0.29) is 5.54 Å². The second kappa shape index (κ2) is 7.06. The van der Waals surface area contributed by atoms with Crippen molar-refractivity contribution < 1.29 is 0 Å². The number of rotatable bonds is 8. The van der Waals surface area contributed by atoms with E-state index in [2.05, 4.69) is 56.4 Å². The summed E-state index contributed by atoms with van der Waals surface area (Å²) in [4.78, 5) is 2.34. The summed E-state index contributed by atoms with van der Waals surface area (Å²) < 4.78 is 1.88. The van der Waals surface area contributed by atoms with Crippen LogP contribution < -0.4 is 5.32 Å². The molecule has 0 aliphatic heterocycles. The molecule has 0 aliphatic rings. The van der Waals surface area contributed by atoms with E-state index < -0.39 is 0 Å². The van der Waals surface area contributed by atoms with Crippen molar-refractivity contribution in [2.45, 2.75) is 51.6 Å². The van der Waals surface area contributed by atoms with Crippen LogP contribution in [0.2, 0.25) is 0 Å². The molecule has 1 heterocycles. The van der Waals surface area contributed by atoms with E-state index in [9.17, 15) is 0 Å². The quantitative estimate of drug-likeness (QED) is 0.782. The molecular weight excluding hydrogens is 236 g/mol. The van der Waals surface area contributed by atoms with Crippen LogP contribution in [0.15, 0.2) is 12.4 Å². The van der Waals surface area contributed by atoms with Crippen molar-refractivity contribution in [3.8, 4) is 0 Å². The topological polar surface area (TPSA) is 33.1 Å². The Morgan fingerprint density at radius 3 is 2.53 bits per heavy atom. The van der Waals surface area contributed by atoms with Crippen LogP contribution in [0.25, 0.3) is 0 Å². The Balaban J connectivity index is 2.86. The minimum Gasteiger partial charge on any atom is -0.312 e. The van der Waals surface area contributed by atoms with Gasteiger partial charge in [-0.05, 0) is 52.4 Å². The number of hydrogen-bond donors (Lipinski definition) is 1. The van der Waals surface area contributed by atoms with Crippen molar-refractivity contribution in [2.24, 2.45) is 7.05 Å². The van der Waals surface area contributed by atoms with Gasteiger partial charge in [0.05, 0.1) is 6.20 Å². The third-order valence-corrected chi connectivity index (χ3v) is 4.33. The minimum absolute atomic E-state index is 0.158. The highest BCUT2D eigenvalue weighted by Gasteiger charge is 2.34. The Morgan fingerprint density at radius 1 is 1.42 bits per heavy atom. The first-order valence-corrected chi connectivity index (χ1v) is 7.32. The summed E-state index contributed by atoms with van der Waals surface area (Å²) in [5, 5.41) is 8.00. The maximum atomic E-state index is 4.28. The predicted octanol–water partition coefficient (Wildman–Crippen LogP) is 2.06. The van der Waals surface area contributed by atoms with Crippen LogP contribution in [0, 0.1) is 0 Å². The molecule has 0 fully saturated rings. The zero-order valence-electron chi connectivity index (χ0n) is 13.4. The number of aryl methyl sites for hydroxylation is 1. The second-order valence-corrected chi connectivity index (χ2v) is 5.84. The molecule has 1 aromatic heterocycles. The highest BCUT2D eigenvalue weighted by Crippen LogP contribution is 2.24. The monoisotopic (exact) mass is 266 g/mol. The van der Waals surface area contributed by atoms with Gasteiger partial charge in [-0.15, -0.1) is 0 Å². The van der Waals surface area contributed by atoms with Crippen LogP contribution >= 0.6 is 0 Å². The molecule has 0 saturated carbocycles. The molecule has 4 heteroatoms. The molecule has 0 spiro atoms. The normalized spacial score (nSPS) is 16.6. The van der Waals surface area contributed by atoms with Gasteiger partial charge in [0.15, 0.2) is 0 Å². The first kappa shape index (κ1) is 16.2. The minimum atomic E-state index is 0.158. The lowest BCUT2D eigenvalue weighted by Gasteiger charge is -2.43. The summed E-state index contributed by atoms with van der Waals surface area (Å²) in [6.07, 6.45) is 7.41. The number of likely N-dealkylation sites (N-methyl/N-ethyl adjacent to an activating group) is 1. The van der Waals surface area contributed by atoms with Crippen molar-refractivity contribution in [3.63, 3.8) is 0 Å². The van der Waals surface area contributed by atoms with Gasteiger partial charge in [-0.3, -0.25) is 4.68 Å². The molecule has 2 unspecified atom stereocenters. The van der Waals surface area contributed by atoms with Gasteiger partial charge in [-0.1, -0.05) is 13.8 Å². The van der Waals surface area contributed by atoms with E-state index >= 15 is 0 Å². The van der Waals surface area contributed by atoms with Crippen molar-refractivity contribution >= 4 is 0 Å². The first-order chi connectivity index (χ1) is 8.93. The fourth-order valence-corrected chi connectivity index (χ4v) is 2.52. The largest absolute Gasteiger partial charge is 0.312 e. The van der Waals surface area contributed by atoms with Crippen LogP contribution in [0.3, 0.4) is 0 Å². The number of hydrogen-bond acceptors (Lipinski definition) is 3. The molecule has 0 aromatic carbocycles. The summed E-state index contributed by atoms with van der Waals surface area (Å²) in [6, 6.07) is 0.441. The van der Waals surface area contributed by atoms with Gasteiger partial charge < -0.3 is 10.2 Å². The van der Waals surface area contributed by atoms with Crippen LogP contribution in [-0.4, -0.2) is 46.9 Å². The SMILES string of the molecule is CCCNC(Cc1cnn(C)c1)C(C)(CC)N(C)C. The smallest absolute Gasteiger partial charge is 0.0522 e. The molecule has 0 radical (unpaired) electrons. The van der Waals surface area contributed by atoms with Crippen LogP contribution in [0.1, 0.15) is 39.2 Å². The molecule has 0 saturated heterocycles. The summed E-state index contributed by atoms with van der Waals surface area (Å²) >= 11 is 0. The maximum Gasteiger partial charge on any atom is 0.0522 e. The lowest BCUT2D eigenvalue weighted by Crippen LogP contribution is -2.57. The van der Waals surface area contributed by atoms with Crippen molar-refractivity contribution in [1.82, 2.24) is 20.0 Å². The summed E-state index contributed by atoms with van der Waals surface area (Å²) in [5.41, 5.74) is 1.46. The molecule has 1 rings (SSSR count). The van der Waals surface area contributed by atoms with Crippen molar-refractivity contribution in [2.75, 3.05) is 20.6 Å². The highest BCUT2D eigenvalue weighted by molar-refractivity contribution is 5.10. The standard InChI is InChI=1S/C15H30N4/c1-7-9-16-14(15(3,8-2)18(4)5)10-13-11-17-19(6)12-13/h11-12,14,16H,7-10H2,1-6H3. The van der Waals surface area contributed by atoms with E-state index in [0.29, 0.717) is 6.04 Å². The second-order valence-electron chi connectivity index (χ2n) is 5.84. The molecular formula is C15H30N4. The van der Waals surface area contributed by atoms with Gasteiger partial charge >= 0.3 is 0 Å². The van der Waals surface area contributed by atoms with Crippen molar-refractivity contribution in [3.05, 3.63) is 18.0 Å². The van der Waals surface area contributed by atoms with E-state index in [1.165, 1.54) is 5.56 Å².